The number of nitrogens with two attached hydrogens (primary N) is 1. The van der Waals surface area contributed by atoms with E-state index in [1.54, 1.807) is 18.2 Å². The molecule has 3 rings (SSSR count). The standard InChI is InChI=1S/C21H22N2O6/c1-21(2)7-13(24)19-16(8-21)29-20(23)12(9-22)18(19)11-4-5-14(15(6-11)27-3)28-10-17(25)26/h4-6,18H,7-8,10,23H2,1-3H3,(H,25,26). The molecule has 0 radical (unpaired) electrons. The van der Waals surface area contributed by atoms with Gasteiger partial charge in [-0.05, 0) is 23.1 Å². The van der Waals surface area contributed by atoms with E-state index in [4.69, 9.17) is 25.1 Å². The highest BCUT2D eigenvalue weighted by Gasteiger charge is 2.43. The van der Waals surface area contributed by atoms with Gasteiger partial charge >= 0.3 is 5.97 Å². The Morgan fingerprint density at radius 3 is 2.72 bits per heavy atom. The zero-order valence-electron chi connectivity index (χ0n) is 16.4. The van der Waals surface area contributed by atoms with E-state index in [1.807, 2.05) is 13.8 Å². The third kappa shape index (κ3) is 3.90. The maximum atomic E-state index is 13.0. The molecule has 1 aliphatic heterocycles. The fourth-order valence-electron chi connectivity index (χ4n) is 3.74. The third-order valence-electron chi connectivity index (χ3n) is 4.95. The van der Waals surface area contributed by atoms with Gasteiger partial charge in [0.05, 0.1) is 13.0 Å². The van der Waals surface area contributed by atoms with E-state index in [1.165, 1.54) is 7.11 Å². The minimum absolute atomic E-state index is 0.0214. The van der Waals surface area contributed by atoms with Crippen LogP contribution in [0.5, 0.6) is 11.5 Å². The molecule has 1 aromatic carbocycles. The number of rotatable bonds is 5. The van der Waals surface area contributed by atoms with Crippen LogP contribution in [-0.4, -0.2) is 30.6 Å². The van der Waals surface area contributed by atoms with Crippen molar-refractivity contribution in [3.05, 3.63) is 46.6 Å². The van der Waals surface area contributed by atoms with Crippen molar-refractivity contribution in [2.75, 3.05) is 13.7 Å². The summed E-state index contributed by atoms with van der Waals surface area (Å²) in [5.41, 5.74) is 6.92. The number of hydrogen-bond donors (Lipinski definition) is 2. The number of hydrogen-bond acceptors (Lipinski definition) is 7. The number of allylic oxidation sites excluding steroid dienone is 3. The molecule has 1 atom stereocenters. The summed E-state index contributed by atoms with van der Waals surface area (Å²) >= 11 is 0. The van der Waals surface area contributed by atoms with E-state index in [0.717, 1.165) is 0 Å². The molecule has 152 valence electrons. The molecule has 8 nitrogen and oxygen atoms in total. The van der Waals surface area contributed by atoms with Crippen LogP contribution in [0.25, 0.3) is 0 Å². The molecule has 1 heterocycles. The van der Waals surface area contributed by atoms with E-state index in [0.29, 0.717) is 29.7 Å². The number of carbonyl (C=O) groups excluding carboxylic acids is 1. The van der Waals surface area contributed by atoms with E-state index in [-0.39, 0.29) is 34.2 Å². The first-order valence-electron chi connectivity index (χ1n) is 9.03. The predicted octanol–water partition coefficient (Wildman–Crippen LogP) is 2.61. The molecule has 1 aromatic rings. The maximum absolute atomic E-state index is 13.0. The fourth-order valence-corrected chi connectivity index (χ4v) is 3.74. The van der Waals surface area contributed by atoms with Crippen LogP contribution in [0.1, 0.15) is 38.2 Å². The van der Waals surface area contributed by atoms with Gasteiger partial charge in [-0.25, -0.2) is 4.79 Å². The molecule has 0 saturated heterocycles. The quantitative estimate of drug-likeness (QED) is 0.773. The molecule has 0 aromatic heterocycles. The van der Waals surface area contributed by atoms with Gasteiger partial charge in [0.1, 0.15) is 17.4 Å². The lowest BCUT2D eigenvalue weighted by Gasteiger charge is -2.37. The Morgan fingerprint density at radius 1 is 1.38 bits per heavy atom. The monoisotopic (exact) mass is 398 g/mol. The highest BCUT2D eigenvalue weighted by molar-refractivity contribution is 6.00. The number of nitrogens with zero attached hydrogens (tertiary/aromatic N) is 1. The number of ketones is 1. The van der Waals surface area contributed by atoms with Crippen LogP contribution >= 0.6 is 0 Å². The molecule has 0 saturated carbocycles. The number of carboxylic acids is 1. The maximum Gasteiger partial charge on any atom is 0.341 e. The van der Waals surface area contributed by atoms with Gasteiger partial charge in [0.25, 0.3) is 0 Å². The molecule has 8 heteroatoms. The van der Waals surface area contributed by atoms with Gasteiger partial charge in [-0.1, -0.05) is 19.9 Å². The van der Waals surface area contributed by atoms with Gasteiger partial charge < -0.3 is 25.1 Å². The Kier molecular flexibility index (Phi) is 5.25. The molecular weight excluding hydrogens is 376 g/mol. The van der Waals surface area contributed by atoms with Gasteiger partial charge in [-0.3, -0.25) is 4.79 Å². The summed E-state index contributed by atoms with van der Waals surface area (Å²) in [4.78, 5) is 23.7. The number of ether oxygens (including phenoxy) is 3. The highest BCUT2D eigenvalue weighted by Crippen LogP contribution is 2.48. The number of Topliss-reactive ketones (excluding diaryl/α,β-unsaturated/α-hetero) is 1. The summed E-state index contributed by atoms with van der Waals surface area (Å²) in [6.07, 6.45) is 0.863. The number of aliphatic carboxylic acids is 1. The molecule has 2 aliphatic rings. The van der Waals surface area contributed by atoms with E-state index < -0.39 is 18.5 Å². The lowest BCUT2D eigenvalue weighted by Crippen LogP contribution is -2.33. The summed E-state index contributed by atoms with van der Waals surface area (Å²) in [6.45, 7) is 3.43. The lowest BCUT2D eigenvalue weighted by molar-refractivity contribution is -0.139. The normalized spacial score (nSPS) is 20.5. The average Bonchev–Trinajstić information content (AvgIpc) is 2.64. The first-order chi connectivity index (χ1) is 13.7. The molecule has 3 N–H and O–H groups in total. The Hall–Kier alpha value is -3.47. The zero-order chi connectivity index (χ0) is 21.3. The van der Waals surface area contributed by atoms with Crippen LogP contribution in [0, 0.1) is 16.7 Å². The van der Waals surface area contributed by atoms with Crippen molar-refractivity contribution in [2.45, 2.75) is 32.6 Å². The topological polar surface area (TPSA) is 132 Å². The van der Waals surface area contributed by atoms with E-state index >= 15 is 0 Å². The van der Waals surface area contributed by atoms with Crippen molar-refractivity contribution in [1.29, 1.82) is 5.26 Å². The molecule has 0 spiro atoms. The average molecular weight is 398 g/mol. The van der Waals surface area contributed by atoms with Crippen LogP contribution in [0.15, 0.2) is 41.0 Å². The van der Waals surface area contributed by atoms with Crippen molar-refractivity contribution in [3.63, 3.8) is 0 Å². The minimum atomic E-state index is -1.12. The number of carboxylic acid groups (broad SMARTS) is 1. The number of nitriles is 1. The Bertz CT molecular complexity index is 983. The van der Waals surface area contributed by atoms with Gasteiger partial charge in [0.15, 0.2) is 23.9 Å². The molecule has 1 aliphatic carbocycles. The third-order valence-corrected chi connectivity index (χ3v) is 4.95. The predicted molar refractivity (Wildman–Crippen MR) is 102 cm³/mol. The Balaban J connectivity index is 2.10. The second-order valence-electron chi connectivity index (χ2n) is 7.80. The van der Waals surface area contributed by atoms with Crippen molar-refractivity contribution in [1.82, 2.24) is 0 Å². The fraction of sp³-hybridized carbons (Fsp3) is 0.381. The Labute approximate surface area is 168 Å². The molecule has 0 amide bonds. The van der Waals surface area contributed by atoms with Crippen molar-refractivity contribution < 1.29 is 28.9 Å². The summed E-state index contributed by atoms with van der Waals surface area (Å²) in [5, 5.41) is 18.5. The van der Waals surface area contributed by atoms with Crippen molar-refractivity contribution in [2.24, 2.45) is 11.1 Å². The number of carbonyl (C=O) groups is 2. The summed E-state index contributed by atoms with van der Waals surface area (Å²) in [6, 6.07) is 6.90. The number of benzene rings is 1. The SMILES string of the molecule is COc1cc(C2C(C#N)=C(N)OC3=C2C(=O)CC(C)(C)C3)ccc1OCC(=O)O. The van der Waals surface area contributed by atoms with Crippen LogP contribution in [0.2, 0.25) is 0 Å². The summed E-state index contributed by atoms with van der Waals surface area (Å²) < 4.78 is 16.2. The molecule has 0 fully saturated rings. The van der Waals surface area contributed by atoms with Gasteiger partial charge in [0.2, 0.25) is 5.88 Å². The Morgan fingerprint density at radius 2 is 2.10 bits per heavy atom. The molecule has 29 heavy (non-hydrogen) atoms. The summed E-state index contributed by atoms with van der Waals surface area (Å²) in [5.74, 6) is -0.900. The van der Waals surface area contributed by atoms with Crippen molar-refractivity contribution in [3.8, 4) is 17.6 Å². The van der Waals surface area contributed by atoms with E-state index in [2.05, 4.69) is 6.07 Å². The molecule has 0 bridgehead atoms. The highest BCUT2D eigenvalue weighted by atomic mass is 16.5. The molecule has 1 unspecified atom stereocenters. The second kappa shape index (κ2) is 7.51. The van der Waals surface area contributed by atoms with Crippen LogP contribution in [-0.2, 0) is 14.3 Å². The smallest absolute Gasteiger partial charge is 0.341 e. The minimum Gasteiger partial charge on any atom is -0.493 e. The number of methoxy groups -OCH3 is 1. The van der Waals surface area contributed by atoms with E-state index in [9.17, 15) is 14.9 Å². The van der Waals surface area contributed by atoms with Crippen LogP contribution in [0.3, 0.4) is 0 Å². The summed E-state index contributed by atoms with van der Waals surface area (Å²) in [7, 11) is 1.42. The first kappa shape index (κ1) is 20.3. The molecular formula is C21H22N2O6. The van der Waals surface area contributed by atoms with Gasteiger partial charge in [-0.2, -0.15) is 5.26 Å². The first-order valence-corrected chi connectivity index (χ1v) is 9.03. The van der Waals surface area contributed by atoms with Gasteiger partial charge in [-0.15, -0.1) is 0 Å². The van der Waals surface area contributed by atoms with Crippen LogP contribution < -0.4 is 15.2 Å². The van der Waals surface area contributed by atoms with Gasteiger partial charge in [0, 0.05) is 18.4 Å². The van der Waals surface area contributed by atoms with Crippen LogP contribution in [0.4, 0.5) is 0 Å². The zero-order valence-corrected chi connectivity index (χ0v) is 16.4. The lowest BCUT2D eigenvalue weighted by atomic mass is 9.70. The second-order valence-corrected chi connectivity index (χ2v) is 7.80. The van der Waals surface area contributed by atoms with Crippen molar-refractivity contribution >= 4 is 11.8 Å². The largest absolute Gasteiger partial charge is 0.493 e.